The van der Waals surface area contributed by atoms with Crippen LogP contribution in [0, 0.1) is 0 Å². The molecule has 1 atom stereocenters. The van der Waals surface area contributed by atoms with Crippen LogP contribution in [-0.2, 0) is 14.3 Å². The van der Waals surface area contributed by atoms with Crippen LogP contribution in [0.25, 0.3) is 0 Å². The molecule has 7 heteroatoms. The Morgan fingerprint density at radius 1 is 1.17 bits per heavy atom. The molecule has 0 aromatic rings. The molecule has 1 heterocycles. The van der Waals surface area contributed by atoms with Crippen LogP contribution >= 0.6 is 0 Å². The molecule has 1 saturated heterocycles. The first kappa shape index (κ1) is 19.7. The molecule has 1 N–H and O–H groups in total. The molecule has 7 nitrogen and oxygen atoms in total. The zero-order valence-electron chi connectivity index (χ0n) is 15.1. The van der Waals surface area contributed by atoms with Gasteiger partial charge >= 0.3 is 12.1 Å². The largest absolute Gasteiger partial charge is 0.468 e. The number of carbonyl (C=O) groups excluding carboxylic acids is 2. The highest BCUT2D eigenvalue weighted by Crippen LogP contribution is 2.11. The number of methoxy groups -OCH3 is 1. The Labute approximate surface area is 139 Å². The van der Waals surface area contributed by atoms with Gasteiger partial charge in [0.25, 0.3) is 0 Å². The summed E-state index contributed by atoms with van der Waals surface area (Å²) >= 11 is 0. The lowest BCUT2D eigenvalue weighted by atomic mass is 10.2. The number of nitrogens with one attached hydrogen (secondary N) is 1. The van der Waals surface area contributed by atoms with E-state index >= 15 is 0 Å². The summed E-state index contributed by atoms with van der Waals surface area (Å²) in [5.41, 5.74) is -0.457. The second-order valence-electron chi connectivity index (χ2n) is 6.75. The van der Waals surface area contributed by atoms with Gasteiger partial charge in [-0.1, -0.05) is 6.92 Å². The molecule has 1 aliphatic rings. The summed E-state index contributed by atoms with van der Waals surface area (Å²) < 4.78 is 10.1. The fraction of sp³-hybridized carbons (Fsp3) is 0.875. The maximum atomic E-state index is 12.0. The minimum Gasteiger partial charge on any atom is -0.468 e. The number of amides is 1. The van der Waals surface area contributed by atoms with Crippen LogP contribution in [0.5, 0.6) is 0 Å². The van der Waals surface area contributed by atoms with Gasteiger partial charge < -0.3 is 19.7 Å². The number of rotatable bonds is 6. The van der Waals surface area contributed by atoms with Crippen molar-refractivity contribution in [3.05, 3.63) is 0 Å². The summed E-state index contributed by atoms with van der Waals surface area (Å²) in [7, 11) is 1.41. The third kappa shape index (κ3) is 7.18. The van der Waals surface area contributed by atoms with Gasteiger partial charge in [0.1, 0.15) is 11.6 Å². The number of hydrogen-bond donors (Lipinski definition) is 1. The van der Waals surface area contributed by atoms with Crippen molar-refractivity contribution in [2.24, 2.45) is 0 Å². The normalized spacial score (nSPS) is 17.7. The molecule has 134 valence electrons. The van der Waals surface area contributed by atoms with Crippen LogP contribution < -0.4 is 5.32 Å². The number of carbonyl (C=O) groups is 2. The monoisotopic (exact) mass is 329 g/mol. The highest BCUT2D eigenvalue weighted by Gasteiger charge is 2.25. The van der Waals surface area contributed by atoms with E-state index < -0.39 is 5.60 Å². The van der Waals surface area contributed by atoms with E-state index in [4.69, 9.17) is 9.47 Å². The number of piperazine rings is 1. The Morgan fingerprint density at radius 2 is 1.78 bits per heavy atom. The second-order valence-corrected chi connectivity index (χ2v) is 6.75. The van der Waals surface area contributed by atoms with E-state index in [0.717, 1.165) is 26.2 Å². The Balaban J connectivity index is 2.26. The predicted molar refractivity (Wildman–Crippen MR) is 88.3 cm³/mol. The van der Waals surface area contributed by atoms with Gasteiger partial charge in [0.2, 0.25) is 0 Å². The average Bonchev–Trinajstić information content (AvgIpc) is 2.49. The van der Waals surface area contributed by atoms with E-state index in [-0.39, 0.29) is 18.1 Å². The van der Waals surface area contributed by atoms with Gasteiger partial charge in [0.05, 0.1) is 7.11 Å². The van der Waals surface area contributed by atoms with Crippen LogP contribution in [-0.4, -0.2) is 79.9 Å². The molecule has 0 aromatic heterocycles. The summed E-state index contributed by atoms with van der Waals surface area (Å²) in [4.78, 5) is 27.5. The summed E-state index contributed by atoms with van der Waals surface area (Å²) in [6.07, 6.45) is 0.464. The highest BCUT2D eigenvalue weighted by molar-refractivity contribution is 5.75. The van der Waals surface area contributed by atoms with Gasteiger partial charge in [-0.3, -0.25) is 9.69 Å². The summed E-state index contributed by atoms with van der Waals surface area (Å²) in [6.45, 7) is 12.1. The SMILES string of the molecule is CCC(NCCN1CCN(C(=O)OC(C)(C)C)CC1)C(=O)OC. The molecule has 0 spiro atoms. The molecule has 0 radical (unpaired) electrons. The topological polar surface area (TPSA) is 71.1 Å². The van der Waals surface area contributed by atoms with Gasteiger partial charge in [0, 0.05) is 39.3 Å². The predicted octanol–water partition coefficient (Wildman–Crippen LogP) is 1.08. The molecule has 0 aromatic carbocycles. The number of ether oxygens (including phenoxy) is 2. The van der Waals surface area contributed by atoms with E-state index in [1.807, 2.05) is 27.7 Å². The first-order valence-corrected chi connectivity index (χ1v) is 8.28. The van der Waals surface area contributed by atoms with Crippen molar-refractivity contribution in [3.63, 3.8) is 0 Å². The quantitative estimate of drug-likeness (QED) is 0.735. The number of hydrogen-bond acceptors (Lipinski definition) is 6. The van der Waals surface area contributed by atoms with Gasteiger partial charge in [0.15, 0.2) is 0 Å². The van der Waals surface area contributed by atoms with Crippen LogP contribution in [0.2, 0.25) is 0 Å². The van der Waals surface area contributed by atoms with E-state index in [2.05, 4.69) is 10.2 Å². The first-order valence-electron chi connectivity index (χ1n) is 8.28. The fourth-order valence-electron chi connectivity index (χ4n) is 2.41. The standard InChI is InChI=1S/C16H31N3O4/c1-6-13(14(20)22-5)17-7-8-18-9-11-19(12-10-18)15(21)23-16(2,3)4/h13,17H,6-12H2,1-5H3. The molecule has 23 heavy (non-hydrogen) atoms. The van der Waals surface area contributed by atoms with Crippen molar-refractivity contribution < 1.29 is 19.1 Å². The molecule has 1 amide bonds. The number of nitrogens with zero attached hydrogens (tertiary/aromatic N) is 2. The molecular formula is C16H31N3O4. The zero-order chi connectivity index (χ0) is 17.5. The van der Waals surface area contributed by atoms with E-state index in [1.165, 1.54) is 7.11 Å². The molecule has 1 rings (SSSR count). The molecule has 1 unspecified atom stereocenters. The minimum atomic E-state index is -0.457. The van der Waals surface area contributed by atoms with Crippen LogP contribution in [0.4, 0.5) is 4.79 Å². The van der Waals surface area contributed by atoms with Crippen molar-refractivity contribution in [3.8, 4) is 0 Å². The molecule has 0 aliphatic carbocycles. The summed E-state index contributed by atoms with van der Waals surface area (Å²) in [6, 6.07) is -0.247. The van der Waals surface area contributed by atoms with Crippen LogP contribution in [0.15, 0.2) is 0 Å². The Kier molecular flexibility index (Phi) is 7.78. The van der Waals surface area contributed by atoms with Crippen molar-refractivity contribution in [1.82, 2.24) is 15.1 Å². The Hall–Kier alpha value is -1.34. The van der Waals surface area contributed by atoms with Crippen LogP contribution in [0.1, 0.15) is 34.1 Å². The second kappa shape index (κ2) is 9.08. The lowest BCUT2D eigenvalue weighted by Crippen LogP contribution is -2.51. The smallest absolute Gasteiger partial charge is 0.410 e. The van der Waals surface area contributed by atoms with Crippen molar-refractivity contribution >= 4 is 12.1 Å². The Morgan fingerprint density at radius 3 is 2.26 bits per heavy atom. The van der Waals surface area contributed by atoms with Gasteiger partial charge in [-0.25, -0.2) is 4.79 Å². The molecular weight excluding hydrogens is 298 g/mol. The molecule has 0 saturated carbocycles. The van der Waals surface area contributed by atoms with Crippen molar-refractivity contribution in [2.75, 3.05) is 46.4 Å². The third-order valence-electron chi connectivity index (χ3n) is 3.74. The van der Waals surface area contributed by atoms with Crippen LogP contribution in [0.3, 0.4) is 0 Å². The van der Waals surface area contributed by atoms with E-state index in [1.54, 1.807) is 4.90 Å². The molecule has 1 aliphatic heterocycles. The molecule has 1 fully saturated rings. The lowest BCUT2D eigenvalue weighted by Gasteiger charge is -2.35. The van der Waals surface area contributed by atoms with E-state index in [9.17, 15) is 9.59 Å². The maximum absolute atomic E-state index is 12.0. The summed E-state index contributed by atoms with van der Waals surface area (Å²) in [5.74, 6) is -0.220. The van der Waals surface area contributed by atoms with Gasteiger partial charge in [-0.2, -0.15) is 0 Å². The average molecular weight is 329 g/mol. The molecule has 0 bridgehead atoms. The van der Waals surface area contributed by atoms with Crippen molar-refractivity contribution in [2.45, 2.75) is 45.8 Å². The van der Waals surface area contributed by atoms with Gasteiger partial charge in [-0.05, 0) is 27.2 Å². The lowest BCUT2D eigenvalue weighted by molar-refractivity contribution is -0.143. The summed E-state index contributed by atoms with van der Waals surface area (Å²) in [5, 5.41) is 3.21. The van der Waals surface area contributed by atoms with E-state index in [0.29, 0.717) is 19.5 Å². The zero-order valence-corrected chi connectivity index (χ0v) is 15.1. The maximum Gasteiger partial charge on any atom is 0.410 e. The fourth-order valence-corrected chi connectivity index (χ4v) is 2.41. The third-order valence-corrected chi connectivity index (χ3v) is 3.74. The Bertz CT molecular complexity index is 387. The minimum absolute atomic E-state index is 0.220. The number of esters is 1. The first-order chi connectivity index (χ1) is 10.8. The van der Waals surface area contributed by atoms with Gasteiger partial charge in [-0.15, -0.1) is 0 Å². The van der Waals surface area contributed by atoms with Crippen molar-refractivity contribution in [1.29, 1.82) is 0 Å². The highest BCUT2D eigenvalue weighted by atomic mass is 16.6.